The maximum absolute atomic E-state index is 13.2. The van der Waals surface area contributed by atoms with Crippen LogP contribution in [0.5, 0.6) is 0 Å². The highest BCUT2D eigenvalue weighted by Crippen LogP contribution is 2.17. The largest absolute Gasteiger partial charge is 0.467 e. The Morgan fingerprint density at radius 1 is 1.19 bits per heavy atom. The molecule has 2 fully saturated rings. The third-order valence-electron chi connectivity index (χ3n) is 5.56. The highest BCUT2D eigenvalue weighted by Gasteiger charge is 2.28. The number of furan rings is 1. The van der Waals surface area contributed by atoms with E-state index in [1.165, 1.54) is 4.90 Å². The Labute approximate surface area is 193 Å². The van der Waals surface area contributed by atoms with Crippen LogP contribution in [0.15, 0.2) is 22.8 Å². The normalized spacial score (nSPS) is 19.6. The molecule has 0 aromatic carbocycles. The molecule has 0 saturated carbocycles. The summed E-state index contributed by atoms with van der Waals surface area (Å²) < 4.78 is 16.5. The molecule has 0 bridgehead atoms. The van der Waals surface area contributed by atoms with Crippen molar-refractivity contribution in [2.24, 2.45) is 0 Å². The molecule has 0 N–H and O–H groups in total. The van der Waals surface area contributed by atoms with E-state index < -0.39 is 10.7 Å². The Morgan fingerprint density at radius 2 is 2.00 bits per heavy atom. The number of hydrogen-bond acceptors (Lipinski definition) is 6. The molecule has 0 aliphatic carbocycles. The molecule has 0 radical (unpaired) electrons. The number of carbonyl (C=O) groups excluding carboxylic acids is 2. The van der Waals surface area contributed by atoms with Gasteiger partial charge < -0.3 is 23.7 Å². The molecule has 0 spiro atoms. The molecule has 3 rings (SSSR count). The van der Waals surface area contributed by atoms with Crippen LogP contribution in [0.25, 0.3) is 0 Å². The number of alkyl halides is 2. The second kappa shape index (κ2) is 12.6. The number of carbonyl (C=O) groups is 2. The summed E-state index contributed by atoms with van der Waals surface area (Å²) in [5, 5.41) is 0. The molecule has 8 nitrogen and oxygen atoms in total. The molecule has 3 heterocycles. The first-order chi connectivity index (χ1) is 15.0. The van der Waals surface area contributed by atoms with Crippen LogP contribution in [-0.2, 0) is 25.6 Å². The minimum absolute atomic E-state index is 0.00168. The number of rotatable bonds is 11. The number of hydrogen-bond donors (Lipinski definition) is 0. The molecule has 1 aromatic rings. The molecule has 1 aromatic heterocycles. The van der Waals surface area contributed by atoms with Gasteiger partial charge in [-0.2, -0.15) is 0 Å². The molecule has 1 atom stereocenters. The summed E-state index contributed by atoms with van der Waals surface area (Å²) in [7, 11) is 0. The maximum atomic E-state index is 13.2. The van der Waals surface area contributed by atoms with Gasteiger partial charge in [-0.15, -0.1) is 0 Å². The number of morpholine rings is 1. The van der Waals surface area contributed by atoms with E-state index in [4.69, 9.17) is 37.1 Å². The lowest BCUT2D eigenvalue weighted by Gasteiger charge is -2.30. The minimum Gasteiger partial charge on any atom is -0.467 e. The number of amides is 2. The van der Waals surface area contributed by atoms with Gasteiger partial charge in [-0.1, -0.05) is 23.2 Å². The van der Waals surface area contributed by atoms with Gasteiger partial charge in [0.15, 0.2) is 4.84 Å². The highest BCUT2D eigenvalue weighted by atomic mass is 35.5. The summed E-state index contributed by atoms with van der Waals surface area (Å²) in [5.41, 5.74) is 0. The zero-order valence-electron chi connectivity index (χ0n) is 17.7. The molecular formula is C21H31Cl2N3O5. The Bertz CT molecular complexity index is 677. The van der Waals surface area contributed by atoms with E-state index in [-0.39, 0.29) is 18.6 Å². The van der Waals surface area contributed by atoms with Crippen molar-refractivity contribution in [3.05, 3.63) is 24.2 Å². The fraction of sp³-hybridized carbons (Fsp3) is 0.714. The van der Waals surface area contributed by atoms with Gasteiger partial charge >= 0.3 is 0 Å². The Morgan fingerprint density at radius 3 is 2.65 bits per heavy atom. The van der Waals surface area contributed by atoms with Crippen molar-refractivity contribution in [3.8, 4) is 0 Å². The van der Waals surface area contributed by atoms with Gasteiger partial charge in [-0.25, -0.2) is 0 Å². The fourth-order valence-corrected chi connectivity index (χ4v) is 4.13. The van der Waals surface area contributed by atoms with Crippen LogP contribution in [-0.4, -0.2) is 96.5 Å². The van der Waals surface area contributed by atoms with Crippen LogP contribution in [0.4, 0.5) is 0 Å². The summed E-state index contributed by atoms with van der Waals surface area (Å²) in [6.07, 6.45) is 4.20. The minimum atomic E-state index is -1.20. The van der Waals surface area contributed by atoms with Gasteiger partial charge in [0.1, 0.15) is 5.76 Å². The highest BCUT2D eigenvalue weighted by molar-refractivity contribution is 6.53. The maximum Gasteiger partial charge on any atom is 0.256 e. The van der Waals surface area contributed by atoms with Gasteiger partial charge in [0.2, 0.25) is 5.91 Å². The SMILES string of the molecule is O=C(CN(CCCN1CCOCC1)C(=O)C(Cl)Cl)N(Cc1ccco1)CC1CCCO1. The average molecular weight is 476 g/mol. The van der Waals surface area contributed by atoms with Gasteiger partial charge in [0.25, 0.3) is 5.91 Å². The lowest BCUT2D eigenvalue weighted by molar-refractivity contribution is -0.141. The zero-order valence-corrected chi connectivity index (χ0v) is 19.2. The van der Waals surface area contributed by atoms with E-state index in [0.717, 1.165) is 52.1 Å². The zero-order chi connectivity index (χ0) is 22.1. The van der Waals surface area contributed by atoms with Crippen molar-refractivity contribution in [1.82, 2.24) is 14.7 Å². The molecule has 31 heavy (non-hydrogen) atoms. The molecule has 10 heteroatoms. The summed E-state index contributed by atoms with van der Waals surface area (Å²) in [4.78, 5) is 30.0. The number of nitrogens with zero attached hydrogens (tertiary/aromatic N) is 3. The molecule has 1 unspecified atom stereocenters. The lowest BCUT2D eigenvalue weighted by Crippen LogP contribution is -2.47. The predicted octanol–water partition coefficient (Wildman–Crippen LogP) is 2.14. The third kappa shape index (κ3) is 7.95. The first-order valence-corrected chi connectivity index (χ1v) is 11.7. The fourth-order valence-electron chi connectivity index (χ4n) is 3.86. The number of ether oxygens (including phenoxy) is 2. The summed E-state index contributed by atoms with van der Waals surface area (Å²) in [6.45, 7) is 5.83. The molecule has 174 valence electrons. The standard InChI is InChI=1S/C21H31Cl2N3O5/c22-20(23)21(28)25(7-3-6-24-8-12-29-13-9-24)16-19(27)26(14-17-4-1-10-30-17)15-18-5-2-11-31-18/h1,4,10,18,20H,2-3,5-9,11-16H2. The predicted molar refractivity (Wildman–Crippen MR) is 117 cm³/mol. The van der Waals surface area contributed by atoms with Crippen molar-refractivity contribution in [2.75, 3.05) is 59.1 Å². The summed E-state index contributed by atoms with van der Waals surface area (Å²) in [5.74, 6) is 0.0541. The molecule has 2 aliphatic rings. The van der Waals surface area contributed by atoms with Crippen LogP contribution >= 0.6 is 23.2 Å². The monoisotopic (exact) mass is 475 g/mol. The van der Waals surface area contributed by atoms with Crippen LogP contribution in [0, 0.1) is 0 Å². The lowest BCUT2D eigenvalue weighted by atomic mass is 10.2. The second-order valence-corrected chi connectivity index (χ2v) is 8.95. The Balaban J connectivity index is 1.59. The van der Waals surface area contributed by atoms with Crippen LogP contribution in [0.3, 0.4) is 0 Å². The Hall–Kier alpha value is -1.32. The van der Waals surface area contributed by atoms with E-state index in [2.05, 4.69) is 4.90 Å². The molecule has 2 saturated heterocycles. The van der Waals surface area contributed by atoms with Crippen LogP contribution in [0.2, 0.25) is 0 Å². The second-order valence-electron chi connectivity index (χ2n) is 7.86. The number of halogens is 2. The van der Waals surface area contributed by atoms with E-state index in [9.17, 15) is 9.59 Å². The van der Waals surface area contributed by atoms with E-state index in [0.29, 0.717) is 32.0 Å². The first-order valence-electron chi connectivity index (χ1n) is 10.8. The third-order valence-corrected chi connectivity index (χ3v) is 5.93. The molecule has 2 aliphatic heterocycles. The van der Waals surface area contributed by atoms with E-state index in [1.54, 1.807) is 17.2 Å². The van der Waals surface area contributed by atoms with Gasteiger partial charge in [0, 0.05) is 39.3 Å². The average Bonchev–Trinajstić information content (AvgIpc) is 3.47. The molecular weight excluding hydrogens is 445 g/mol. The first kappa shape index (κ1) is 24.3. The van der Waals surface area contributed by atoms with Crippen molar-refractivity contribution in [3.63, 3.8) is 0 Å². The van der Waals surface area contributed by atoms with Crippen molar-refractivity contribution < 1.29 is 23.5 Å². The smallest absolute Gasteiger partial charge is 0.256 e. The quantitative estimate of drug-likeness (QED) is 0.456. The van der Waals surface area contributed by atoms with Crippen molar-refractivity contribution in [2.45, 2.75) is 36.7 Å². The van der Waals surface area contributed by atoms with Crippen LogP contribution in [0.1, 0.15) is 25.0 Å². The molecule has 2 amide bonds. The van der Waals surface area contributed by atoms with Crippen molar-refractivity contribution in [1.29, 1.82) is 0 Å². The van der Waals surface area contributed by atoms with E-state index >= 15 is 0 Å². The summed E-state index contributed by atoms with van der Waals surface area (Å²) in [6, 6.07) is 3.62. The van der Waals surface area contributed by atoms with Crippen LogP contribution < -0.4 is 0 Å². The summed E-state index contributed by atoms with van der Waals surface area (Å²) >= 11 is 11.7. The van der Waals surface area contributed by atoms with E-state index in [1.807, 2.05) is 6.07 Å². The van der Waals surface area contributed by atoms with Crippen molar-refractivity contribution >= 4 is 35.0 Å². The topological polar surface area (TPSA) is 75.5 Å². The Kier molecular flexibility index (Phi) is 9.93. The van der Waals surface area contributed by atoms with Gasteiger partial charge in [0.05, 0.1) is 38.7 Å². The van der Waals surface area contributed by atoms with Gasteiger partial charge in [-0.3, -0.25) is 14.5 Å². The van der Waals surface area contributed by atoms with Gasteiger partial charge in [-0.05, 0) is 31.4 Å².